The molecule has 0 atom stereocenters. The van der Waals surface area contributed by atoms with Crippen molar-refractivity contribution in [2.24, 2.45) is 0 Å². The van der Waals surface area contributed by atoms with Crippen LogP contribution in [0.5, 0.6) is 5.75 Å². The van der Waals surface area contributed by atoms with Crippen LogP contribution in [0, 0.1) is 0 Å². The zero-order chi connectivity index (χ0) is 11.3. The molecule has 1 heteroatoms. The van der Waals surface area contributed by atoms with Crippen molar-refractivity contribution in [1.82, 2.24) is 0 Å². The maximum Gasteiger partial charge on any atom is 0.122 e. The van der Waals surface area contributed by atoms with Gasteiger partial charge in [0.05, 0.1) is 7.11 Å². The minimum atomic E-state index is 0.228. The van der Waals surface area contributed by atoms with E-state index in [4.69, 9.17) is 4.74 Å². The molecule has 0 saturated carbocycles. The summed E-state index contributed by atoms with van der Waals surface area (Å²) < 4.78 is 5.49. The van der Waals surface area contributed by atoms with Gasteiger partial charge in [0.15, 0.2) is 0 Å². The van der Waals surface area contributed by atoms with Crippen LogP contribution in [-0.4, -0.2) is 7.11 Å². The van der Waals surface area contributed by atoms with Crippen LogP contribution in [0.3, 0.4) is 0 Å². The first-order chi connectivity index (χ1) is 6.88. The van der Waals surface area contributed by atoms with Gasteiger partial charge in [-0.25, -0.2) is 0 Å². The normalized spacial score (nSPS) is 21.1. The third-order valence-corrected chi connectivity index (χ3v) is 3.54. The van der Waals surface area contributed by atoms with Crippen LogP contribution in [-0.2, 0) is 10.8 Å². The highest BCUT2D eigenvalue weighted by Gasteiger charge is 2.43. The van der Waals surface area contributed by atoms with E-state index < -0.39 is 0 Å². The second kappa shape index (κ2) is 3.01. The fourth-order valence-corrected chi connectivity index (χ4v) is 3.25. The van der Waals surface area contributed by atoms with Crippen molar-refractivity contribution in [1.29, 1.82) is 0 Å². The summed E-state index contributed by atoms with van der Waals surface area (Å²) in [7, 11) is 1.76. The highest BCUT2D eigenvalue weighted by atomic mass is 16.5. The lowest BCUT2D eigenvalue weighted by molar-refractivity contribution is 0.378. The summed E-state index contributed by atoms with van der Waals surface area (Å²) in [6, 6.07) is 6.41. The predicted octanol–water partition coefficient (Wildman–Crippen LogP) is 3.65. The molecule has 1 aliphatic carbocycles. The molecule has 2 rings (SSSR count). The SMILES string of the molecule is COc1cccc2c1C(C)(C)CC2(C)C. The van der Waals surface area contributed by atoms with Gasteiger partial charge in [-0.05, 0) is 28.9 Å². The summed E-state index contributed by atoms with van der Waals surface area (Å²) >= 11 is 0. The first kappa shape index (κ1) is 10.5. The fraction of sp³-hybridized carbons (Fsp3) is 0.571. The molecule has 1 aliphatic rings. The number of rotatable bonds is 1. The standard InChI is InChI=1S/C14H20O/c1-13(2)9-14(3,4)12-10(13)7-6-8-11(12)15-5/h6-8H,9H2,1-5H3. The first-order valence-corrected chi connectivity index (χ1v) is 5.56. The van der Waals surface area contributed by atoms with E-state index >= 15 is 0 Å². The van der Waals surface area contributed by atoms with E-state index in [0.717, 1.165) is 5.75 Å². The monoisotopic (exact) mass is 204 g/mol. The third kappa shape index (κ3) is 1.45. The van der Waals surface area contributed by atoms with Gasteiger partial charge in [0.25, 0.3) is 0 Å². The number of benzene rings is 1. The van der Waals surface area contributed by atoms with Gasteiger partial charge in [-0.2, -0.15) is 0 Å². The van der Waals surface area contributed by atoms with Gasteiger partial charge in [0, 0.05) is 5.56 Å². The molecular formula is C14H20O. The Hall–Kier alpha value is -0.980. The first-order valence-electron chi connectivity index (χ1n) is 5.56. The molecule has 82 valence electrons. The van der Waals surface area contributed by atoms with Crippen LogP contribution in [0.15, 0.2) is 18.2 Å². The topological polar surface area (TPSA) is 9.23 Å². The second-order valence-corrected chi connectivity index (χ2v) is 5.83. The Kier molecular flexibility index (Phi) is 2.11. The lowest BCUT2D eigenvalue weighted by atomic mass is 9.82. The smallest absolute Gasteiger partial charge is 0.122 e. The number of hydrogen-bond acceptors (Lipinski definition) is 1. The molecule has 0 spiro atoms. The van der Waals surface area contributed by atoms with Gasteiger partial charge in [0.2, 0.25) is 0 Å². The Labute approximate surface area is 92.5 Å². The zero-order valence-electron chi connectivity index (χ0n) is 10.3. The molecule has 0 heterocycles. The zero-order valence-corrected chi connectivity index (χ0v) is 10.3. The maximum atomic E-state index is 5.49. The lowest BCUT2D eigenvalue weighted by Crippen LogP contribution is -2.18. The van der Waals surface area contributed by atoms with E-state index in [1.54, 1.807) is 7.11 Å². The molecule has 0 bridgehead atoms. The molecule has 0 amide bonds. The fourth-order valence-electron chi connectivity index (χ4n) is 3.25. The van der Waals surface area contributed by atoms with E-state index in [9.17, 15) is 0 Å². The highest BCUT2D eigenvalue weighted by Crippen LogP contribution is 2.52. The van der Waals surface area contributed by atoms with Crippen molar-refractivity contribution in [2.45, 2.75) is 44.9 Å². The molecule has 0 aliphatic heterocycles. The van der Waals surface area contributed by atoms with Gasteiger partial charge >= 0.3 is 0 Å². The average molecular weight is 204 g/mol. The van der Waals surface area contributed by atoms with Gasteiger partial charge < -0.3 is 4.74 Å². The van der Waals surface area contributed by atoms with Crippen LogP contribution in [0.1, 0.15) is 45.2 Å². The van der Waals surface area contributed by atoms with E-state index in [1.807, 2.05) is 0 Å². The highest BCUT2D eigenvalue weighted by molar-refractivity contribution is 5.52. The Balaban J connectivity index is 2.70. The third-order valence-electron chi connectivity index (χ3n) is 3.54. The van der Waals surface area contributed by atoms with Crippen molar-refractivity contribution in [3.63, 3.8) is 0 Å². The molecule has 1 nitrogen and oxygen atoms in total. The summed E-state index contributed by atoms with van der Waals surface area (Å²) in [6.07, 6.45) is 1.19. The van der Waals surface area contributed by atoms with Crippen molar-refractivity contribution in [2.75, 3.05) is 7.11 Å². The Morgan fingerprint density at radius 3 is 2.33 bits per heavy atom. The Morgan fingerprint density at radius 1 is 1.07 bits per heavy atom. The van der Waals surface area contributed by atoms with E-state index in [1.165, 1.54) is 17.5 Å². The van der Waals surface area contributed by atoms with Crippen LogP contribution >= 0.6 is 0 Å². The van der Waals surface area contributed by atoms with Gasteiger partial charge in [-0.1, -0.05) is 39.8 Å². The number of fused-ring (bicyclic) bond motifs is 1. The van der Waals surface area contributed by atoms with Crippen LogP contribution < -0.4 is 4.74 Å². The van der Waals surface area contributed by atoms with Gasteiger partial charge in [0.1, 0.15) is 5.75 Å². The molecule has 15 heavy (non-hydrogen) atoms. The average Bonchev–Trinajstić information content (AvgIpc) is 2.33. The number of ether oxygens (including phenoxy) is 1. The van der Waals surface area contributed by atoms with Gasteiger partial charge in [-0.3, -0.25) is 0 Å². The summed E-state index contributed by atoms with van der Waals surface area (Å²) in [4.78, 5) is 0. The van der Waals surface area contributed by atoms with Crippen molar-refractivity contribution in [3.05, 3.63) is 29.3 Å². The quantitative estimate of drug-likeness (QED) is 0.678. The van der Waals surface area contributed by atoms with Crippen LogP contribution in [0.2, 0.25) is 0 Å². The Morgan fingerprint density at radius 2 is 1.73 bits per heavy atom. The number of hydrogen-bond donors (Lipinski definition) is 0. The summed E-state index contributed by atoms with van der Waals surface area (Å²) in [5, 5.41) is 0. The summed E-state index contributed by atoms with van der Waals surface area (Å²) in [5.74, 6) is 1.04. The predicted molar refractivity (Wildman–Crippen MR) is 63.7 cm³/mol. The second-order valence-electron chi connectivity index (χ2n) is 5.83. The molecule has 0 unspecified atom stereocenters. The summed E-state index contributed by atoms with van der Waals surface area (Å²) in [6.45, 7) is 9.26. The maximum absolute atomic E-state index is 5.49. The van der Waals surface area contributed by atoms with Gasteiger partial charge in [-0.15, -0.1) is 0 Å². The van der Waals surface area contributed by atoms with E-state index in [0.29, 0.717) is 0 Å². The lowest BCUT2D eigenvalue weighted by Gasteiger charge is -2.23. The van der Waals surface area contributed by atoms with Crippen LogP contribution in [0.25, 0.3) is 0 Å². The molecule has 0 aromatic heterocycles. The summed E-state index contributed by atoms with van der Waals surface area (Å²) in [5.41, 5.74) is 3.35. The Bertz CT molecular complexity index is 388. The van der Waals surface area contributed by atoms with Crippen LogP contribution in [0.4, 0.5) is 0 Å². The molecule has 0 saturated heterocycles. The number of methoxy groups -OCH3 is 1. The molecule has 0 radical (unpaired) electrons. The molecular weight excluding hydrogens is 184 g/mol. The molecule has 0 N–H and O–H groups in total. The molecule has 0 fully saturated rings. The van der Waals surface area contributed by atoms with E-state index in [-0.39, 0.29) is 10.8 Å². The van der Waals surface area contributed by atoms with E-state index in [2.05, 4.69) is 45.9 Å². The van der Waals surface area contributed by atoms with Crippen molar-refractivity contribution < 1.29 is 4.74 Å². The minimum Gasteiger partial charge on any atom is -0.496 e. The van der Waals surface area contributed by atoms with Crippen molar-refractivity contribution in [3.8, 4) is 5.75 Å². The largest absolute Gasteiger partial charge is 0.496 e. The van der Waals surface area contributed by atoms with Crippen molar-refractivity contribution >= 4 is 0 Å². The minimum absolute atomic E-state index is 0.228. The molecule has 1 aromatic rings. The molecule has 1 aromatic carbocycles.